The Bertz CT molecular complexity index is 387. The normalized spacial score (nSPS) is 24.8. The van der Waals surface area contributed by atoms with Crippen molar-refractivity contribution in [2.24, 2.45) is 11.7 Å². The third-order valence-electron chi connectivity index (χ3n) is 2.95. The maximum atomic E-state index is 11.8. The Morgan fingerprint density at radius 3 is 2.89 bits per heavy atom. The Hall–Kier alpha value is -1.53. The van der Waals surface area contributed by atoms with Gasteiger partial charge < -0.3 is 5.73 Å². The number of carbonyl (C=O) groups excluding carboxylic acids is 1. The fourth-order valence-corrected chi connectivity index (χ4v) is 2.37. The van der Waals surface area contributed by atoms with E-state index in [-0.39, 0.29) is 11.9 Å². The van der Waals surface area contributed by atoms with Gasteiger partial charge in [0.1, 0.15) is 0 Å². The fourth-order valence-electron chi connectivity index (χ4n) is 2.37. The highest BCUT2D eigenvalue weighted by Crippen LogP contribution is 2.14. The van der Waals surface area contributed by atoms with Crippen LogP contribution in [0.15, 0.2) is 18.5 Å². The van der Waals surface area contributed by atoms with Crippen LogP contribution in [0.25, 0.3) is 0 Å². The fraction of sp³-hybridized carbons (Fsp3) is 0.583. The van der Waals surface area contributed by atoms with Gasteiger partial charge in [-0.25, -0.2) is 9.97 Å². The molecule has 3 N–H and O–H groups in total. The van der Waals surface area contributed by atoms with Crippen LogP contribution in [-0.2, 0) is 4.79 Å². The van der Waals surface area contributed by atoms with Crippen LogP contribution < -0.4 is 11.1 Å². The lowest BCUT2D eigenvalue weighted by atomic mass is 9.97. The predicted molar refractivity (Wildman–Crippen MR) is 68.9 cm³/mol. The molecule has 0 spiro atoms. The van der Waals surface area contributed by atoms with Gasteiger partial charge in [0.2, 0.25) is 11.9 Å². The molecule has 1 aliphatic rings. The third-order valence-corrected chi connectivity index (χ3v) is 2.95. The van der Waals surface area contributed by atoms with Gasteiger partial charge in [0.25, 0.3) is 0 Å². The quantitative estimate of drug-likeness (QED) is 0.793. The molecule has 2 atom stereocenters. The van der Waals surface area contributed by atoms with E-state index in [1.54, 1.807) is 18.5 Å². The monoisotopic (exact) mass is 249 g/mol. The van der Waals surface area contributed by atoms with Crippen LogP contribution in [0.3, 0.4) is 0 Å². The van der Waals surface area contributed by atoms with Crippen molar-refractivity contribution in [1.29, 1.82) is 0 Å². The summed E-state index contributed by atoms with van der Waals surface area (Å²) in [6.45, 7) is 4.19. The molecule has 98 valence electrons. The van der Waals surface area contributed by atoms with Gasteiger partial charge in [-0.15, -0.1) is 0 Å². The number of amides is 1. The zero-order chi connectivity index (χ0) is 13.0. The Morgan fingerprint density at radius 1 is 1.50 bits per heavy atom. The summed E-state index contributed by atoms with van der Waals surface area (Å²) in [5.74, 6) is 0.786. The summed E-state index contributed by atoms with van der Waals surface area (Å²) >= 11 is 0. The second-order valence-corrected chi connectivity index (χ2v) is 4.92. The Balaban J connectivity index is 1.84. The Labute approximate surface area is 107 Å². The molecule has 0 saturated carbocycles. The van der Waals surface area contributed by atoms with E-state index in [2.05, 4.69) is 27.1 Å². The van der Waals surface area contributed by atoms with Crippen LogP contribution in [0.1, 0.15) is 13.3 Å². The van der Waals surface area contributed by atoms with Gasteiger partial charge in [0.15, 0.2) is 0 Å². The van der Waals surface area contributed by atoms with Crippen LogP contribution in [0.4, 0.5) is 5.95 Å². The van der Waals surface area contributed by atoms with Crippen molar-refractivity contribution in [1.82, 2.24) is 14.9 Å². The molecule has 0 bridgehead atoms. The molecule has 1 aliphatic heterocycles. The van der Waals surface area contributed by atoms with E-state index in [4.69, 9.17) is 5.73 Å². The van der Waals surface area contributed by atoms with Crippen molar-refractivity contribution < 1.29 is 4.79 Å². The summed E-state index contributed by atoms with van der Waals surface area (Å²) in [7, 11) is 0. The molecule has 1 fully saturated rings. The van der Waals surface area contributed by atoms with Crippen LogP contribution in [-0.4, -0.2) is 46.5 Å². The molecule has 6 heteroatoms. The highest BCUT2D eigenvalue weighted by atomic mass is 16.2. The number of piperidine rings is 1. The van der Waals surface area contributed by atoms with Crippen LogP contribution in [0.2, 0.25) is 0 Å². The summed E-state index contributed by atoms with van der Waals surface area (Å²) in [6.07, 6.45) is 4.23. The maximum Gasteiger partial charge on any atom is 0.240 e. The van der Waals surface area contributed by atoms with Gasteiger partial charge in [0, 0.05) is 31.5 Å². The summed E-state index contributed by atoms with van der Waals surface area (Å²) in [5.41, 5.74) is 5.95. The number of carbonyl (C=O) groups is 1. The first-order valence-electron chi connectivity index (χ1n) is 6.18. The first-order valence-corrected chi connectivity index (χ1v) is 6.18. The van der Waals surface area contributed by atoms with Gasteiger partial charge in [-0.3, -0.25) is 15.0 Å². The van der Waals surface area contributed by atoms with Crippen molar-refractivity contribution in [2.75, 3.05) is 25.0 Å². The minimum Gasteiger partial charge on any atom is -0.327 e. The minimum atomic E-state index is -0.0949. The molecular formula is C12H19N5O. The molecule has 1 saturated heterocycles. The second-order valence-electron chi connectivity index (χ2n) is 4.92. The van der Waals surface area contributed by atoms with Crippen LogP contribution >= 0.6 is 0 Å². The average molecular weight is 249 g/mol. The van der Waals surface area contributed by atoms with E-state index in [1.807, 2.05) is 0 Å². The van der Waals surface area contributed by atoms with Crippen molar-refractivity contribution in [3.8, 4) is 0 Å². The molecule has 1 aromatic rings. The molecular weight excluding hydrogens is 230 g/mol. The van der Waals surface area contributed by atoms with Crippen molar-refractivity contribution >= 4 is 11.9 Å². The molecule has 0 aromatic carbocycles. The van der Waals surface area contributed by atoms with Gasteiger partial charge in [0.05, 0.1) is 6.54 Å². The van der Waals surface area contributed by atoms with Gasteiger partial charge in [-0.1, -0.05) is 6.92 Å². The number of rotatable bonds is 3. The van der Waals surface area contributed by atoms with Crippen molar-refractivity contribution in [2.45, 2.75) is 19.4 Å². The number of nitrogens with one attached hydrogen (secondary N) is 1. The average Bonchev–Trinajstić information content (AvgIpc) is 2.28. The molecule has 0 aliphatic carbocycles. The number of hydrogen-bond acceptors (Lipinski definition) is 5. The lowest BCUT2D eigenvalue weighted by molar-refractivity contribution is -0.117. The number of hydrogen-bond donors (Lipinski definition) is 2. The number of anilines is 1. The molecule has 1 aromatic heterocycles. The topological polar surface area (TPSA) is 84.1 Å². The molecule has 2 heterocycles. The Morgan fingerprint density at radius 2 is 2.22 bits per heavy atom. The van der Waals surface area contributed by atoms with E-state index < -0.39 is 0 Å². The van der Waals surface area contributed by atoms with Crippen molar-refractivity contribution in [3.05, 3.63) is 18.5 Å². The van der Waals surface area contributed by atoms with Gasteiger partial charge in [-0.05, 0) is 18.4 Å². The minimum absolute atomic E-state index is 0.0949. The Kier molecular flexibility index (Phi) is 4.22. The lowest BCUT2D eigenvalue weighted by Crippen LogP contribution is -2.48. The first-order chi connectivity index (χ1) is 8.63. The standard InChI is InChI=1S/C12H19N5O/c1-9-5-10(13)7-17(6-9)8-11(18)16-12-14-3-2-4-15-12/h2-4,9-10H,5-8,13H2,1H3,(H,14,15,16,18). The number of likely N-dealkylation sites (tertiary alicyclic amines) is 1. The highest BCUT2D eigenvalue weighted by molar-refractivity contribution is 5.90. The summed E-state index contributed by atoms with van der Waals surface area (Å²) in [5, 5.41) is 2.68. The lowest BCUT2D eigenvalue weighted by Gasteiger charge is -2.34. The van der Waals surface area contributed by atoms with Crippen molar-refractivity contribution in [3.63, 3.8) is 0 Å². The van der Waals surface area contributed by atoms with Gasteiger partial charge >= 0.3 is 0 Å². The molecule has 2 unspecified atom stereocenters. The number of nitrogens with two attached hydrogens (primary N) is 1. The molecule has 18 heavy (non-hydrogen) atoms. The number of aromatic nitrogens is 2. The van der Waals surface area contributed by atoms with E-state index in [1.165, 1.54) is 0 Å². The molecule has 2 rings (SSSR count). The second kappa shape index (κ2) is 5.88. The van der Waals surface area contributed by atoms with E-state index >= 15 is 0 Å². The highest BCUT2D eigenvalue weighted by Gasteiger charge is 2.23. The zero-order valence-electron chi connectivity index (χ0n) is 10.5. The van der Waals surface area contributed by atoms with Gasteiger partial charge in [-0.2, -0.15) is 0 Å². The first kappa shape index (κ1) is 12.9. The maximum absolute atomic E-state index is 11.8. The van der Waals surface area contributed by atoms with Crippen LogP contribution in [0.5, 0.6) is 0 Å². The predicted octanol–water partition coefficient (Wildman–Crippen LogP) is 0.0842. The molecule has 6 nitrogen and oxygen atoms in total. The van der Waals surface area contributed by atoms with Crippen LogP contribution in [0, 0.1) is 5.92 Å². The SMILES string of the molecule is CC1CC(N)CN(CC(=O)Nc2ncccn2)C1. The van der Waals surface area contributed by atoms with E-state index in [9.17, 15) is 4.79 Å². The molecule has 1 amide bonds. The zero-order valence-corrected chi connectivity index (χ0v) is 10.5. The summed E-state index contributed by atoms with van der Waals surface area (Å²) in [4.78, 5) is 21.8. The van der Waals surface area contributed by atoms with E-state index in [0.717, 1.165) is 19.5 Å². The van der Waals surface area contributed by atoms with E-state index in [0.29, 0.717) is 18.4 Å². The largest absolute Gasteiger partial charge is 0.327 e. The summed E-state index contributed by atoms with van der Waals surface area (Å²) < 4.78 is 0. The number of nitrogens with zero attached hydrogens (tertiary/aromatic N) is 3. The smallest absolute Gasteiger partial charge is 0.240 e. The third kappa shape index (κ3) is 3.75. The summed E-state index contributed by atoms with van der Waals surface area (Å²) in [6, 6.07) is 1.87. The molecule has 0 radical (unpaired) electrons.